The van der Waals surface area contributed by atoms with E-state index in [1.165, 1.54) is 47.0 Å². The fourth-order valence-corrected chi connectivity index (χ4v) is 7.07. The number of methoxy groups -OCH3 is 1. The number of thiazole rings is 1. The number of sulfonamides is 1. The van der Waals surface area contributed by atoms with E-state index in [9.17, 15) is 18.0 Å². The number of ether oxygens (including phenoxy) is 3. The number of fused-ring (bicyclic) bond motifs is 2. The van der Waals surface area contributed by atoms with Crippen molar-refractivity contribution in [3.05, 3.63) is 46.8 Å². The quantitative estimate of drug-likeness (QED) is 0.436. The molecule has 0 N–H and O–H groups in total. The van der Waals surface area contributed by atoms with E-state index in [1.54, 1.807) is 23.7 Å². The minimum Gasteiger partial charge on any atom is -0.468 e. The highest BCUT2D eigenvalue weighted by Crippen LogP contribution is 2.37. The molecule has 0 spiro atoms. The number of benzene rings is 2. The van der Waals surface area contributed by atoms with Gasteiger partial charge in [-0.15, -0.1) is 0 Å². The molecule has 1 saturated carbocycles. The van der Waals surface area contributed by atoms with Gasteiger partial charge in [0, 0.05) is 30.8 Å². The highest BCUT2D eigenvalue weighted by molar-refractivity contribution is 7.89. The number of carbonyl (C=O) groups is 2. The van der Waals surface area contributed by atoms with E-state index < -0.39 is 21.9 Å². The summed E-state index contributed by atoms with van der Waals surface area (Å²) in [6.07, 6.45) is 4.89. The third-order valence-electron chi connectivity index (χ3n) is 6.76. The number of hydrogen-bond donors (Lipinski definition) is 0. The van der Waals surface area contributed by atoms with Crippen LogP contribution in [0.1, 0.15) is 42.5 Å². The van der Waals surface area contributed by atoms with Gasteiger partial charge >= 0.3 is 5.97 Å². The molecule has 3 aromatic rings. The Bertz CT molecular complexity index is 1520. The molecule has 0 unspecified atom stereocenters. The van der Waals surface area contributed by atoms with E-state index in [0.29, 0.717) is 21.8 Å². The third-order valence-corrected chi connectivity index (χ3v) is 9.72. The second kappa shape index (κ2) is 10.3. The number of aromatic nitrogens is 1. The summed E-state index contributed by atoms with van der Waals surface area (Å²) in [5.74, 6) is 0.0568. The van der Waals surface area contributed by atoms with Crippen LogP contribution in [0.15, 0.2) is 46.3 Å². The summed E-state index contributed by atoms with van der Waals surface area (Å²) in [6.45, 7) is -0.0333. The highest BCUT2D eigenvalue weighted by Gasteiger charge is 2.29. The van der Waals surface area contributed by atoms with Crippen LogP contribution < -0.4 is 14.3 Å². The molecule has 1 aliphatic carbocycles. The van der Waals surface area contributed by atoms with Crippen LogP contribution >= 0.6 is 11.3 Å². The SMILES string of the molecule is COC(=O)Cn1c(=NC(=O)c2ccc(S(=O)(=O)N(C)C3CCCCC3)cc2)sc2cc3c(cc21)OCO3. The molecular formula is C25H27N3O7S2. The summed E-state index contributed by atoms with van der Waals surface area (Å²) in [4.78, 5) is 29.8. The zero-order chi connectivity index (χ0) is 26.2. The van der Waals surface area contributed by atoms with Crippen molar-refractivity contribution in [3.63, 3.8) is 0 Å². The van der Waals surface area contributed by atoms with E-state index in [-0.39, 0.29) is 29.8 Å². The first-order chi connectivity index (χ1) is 17.8. The molecule has 0 atom stereocenters. The van der Waals surface area contributed by atoms with Crippen molar-refractivity contribution in [2.24, 2.45) is 4.99 Å². The van der Waals surface area contributed by atoms with E-state index in [1.807, 2.05) is 0 Å². The smallest absolute Gasteiger partial charge is 0.325 e. The maximum atomic E-state index is 13.1. The van der Waals surface area contributed by atoms with E-state index in [0.717, 1.165) is 36.8 Å². The number of hydrogen-bond acceptors (Lipinski definition) is 8. The Hall–Kier alpha value is -3.22. The van der Waals surface area contributed by atoms with Crippen LogP contribution in [-0.4, -0.2) is 56.2 Å². The van der Waals surface area contributed by atoms with Gasteiger partial charge in [0.2, 0.25) is 16.8 Å². The zero-order valence-corrected chi connectivity index (χ0v) is 22.1. The van der Waals surface area contributed by atoms with Crippen LogP contribution in [0, 0.1) is 0 Å². The second-order valence-electron chi connectivity index (χ2n) is 8.97. The number of carbonyl (C=O) groups excluding carboxylic acids is 2. The second-order valence-corrected chi connectivity index (χ2v) is 12.0. The average Bonchev–Trinajstić information content (AvgIpc) is 3.50. The van der Waals surface area contributed by atoms with Gasteiger partial charge in [-0.3, -0.25) is 9.59 Å². The van der Waals surface area contributed by atoms with Gasteiger partial charge in [-0.2, -0.15) is 9.30 Å². The first-order valence-electron chi connectivity index (χ1n) is 11.9. The fourth-order valence-electron chi connectivity index (χ4n) is 4.62. The number of nitrogens with zero attached hydrogens (tertiary/aromatic N) is 3. The molecule has 2 aromatic carbocycles. The first-order valence-corrected chi connectivity index (χ1v) is 14.2. The Kier molecular flexibility index (Phi) is 7.06. The first kappa shape index (κ1) is 25.4. The molecule has 10 nitrogen and oxygen atoms in total. The van der Waals surface area contributed by atoms with Crippen LogP contribution in [0.3, 0.4) is 0 Å². The summed E-state index contributed by atoms with van der Waals surface area (Å²) in [5.41, 5.74) is 0.883. The summed E-state index contributed by atoms with van der Waals surface area (Å²) in [5, 5.41) is 0. The maximum Gasteiger partial charge on any atom is 0.325 e. The zero-order valence-electron chi connectivity index (χ0n) is 20.5. The highest BCUT2D eigenvalue weighted by atomic mass is 32.2. The van der Waals surface area contributed by atoms with Crippen LogP contribution in [0.4, 0.5) is 0 Å². The van der Waals surface area contributed by atoms with E-state index in [2.05, 4.69) is 4.99 Å². The van der Waals surface area contributed by atoms with Gasteiger partial charge in [0.05, 0.1) is 22.2 Å². The van der Waals surface area contributed by atoms with Crippen LogP contribution in [-0.2, 0) is 26.1 Å². The topological polar surface area (TPSA) is 117 Å². The summed E-state index contributed by atoms with van der Waals surface area (Å²) >= 11 is 1.22. The lowest BCUT2D eigenvalue weighted by molar-refractivity contribution is -0.141. The summed E-state index contributed by atoms with van der Waals surface area (Å²) in [6, 6.07) is 9.30. The van der Waals surface area contributed by atoms with Gasteiger partial charge < -0.3 is 18.8 Å². The molecule has 1 amide bonds. The summed E-state index contributed by atoms with van der Waals surface area (Å²) in [7, 11) is -0.766. The van der Waals surface area contributed by atoms with Crippen molar-refractivity contribution >= 4 is 43.5 Å². The standard InChI is InChI=1S/C25H27N3O7S2/c1-27(17-6-4-3-5-7-17)37(31,32)18-10-8-16(9-11-18)24(30)26-25-28(14-23(29)33-2)19-12-20-21(35-15-34-20)13-22(19)36-25/h8-13,17H,3-7,14-15H2,1-2H3. The van der Waals surface area contributed by atoms with Gasteiger partial charge in [0.15, 0.2) is 16.3 Å². The number of rotatable bonds is 6. The van der Waals surface area contributed by atoms with Crippen LogP contribution in [0.5, 0.6) is 11.5 Å². The molecule has 0 radical (unpaired) electrons. The lowest BCUT2D eigenvalue weighted by Gasteiger charge is -2.30. The van der Waals surface area contributed by atoms with Crippen molar-refractivity contribution in [1.82, 2.24) is 8.87 Å². The van der Waals surface area contributed by atoms with Gasteiger partial charge in [-0.25, -0.2) is 8.42 Å². The Labute approximate surface area is 218 Å². The van der Waals surface area contributed by atoms with Crippen LogP contribution in [0.2, 0.25) is 0 Å². The molecule has 1 aromatic heterocycles. The number of amides is 1. The predicted molar refractivity (Wildman–Crippen MR) is 136 cm³/mol. The monoisotopic (exact) mass is 545 g/mol. The largest absolute Gasteiger partial charge is 0.468 e. The van der Waals surface area contributed by atoms with Gasteiger partial charge in [-0.1, -0.05) is 30.6 Å². The Morgan fingerprint density at radius 1 is 1.11 bits per heavy atom. The fraction of sp³-hybridized carbons (Fsp3) is 0.400. The van der Waals surface area contributed by atoms with Crippen molar-refractivity contribution in [3.8, 4) is 11.5 Å². The van der Waals surface area contributed by atoms with E-state index >= 15 is 0 Å². The van der Waals surface area contributed by atoms with Crippen molar-refractivity contribution < 1.29 is 32.2 Å². The van der Waals surface area contributed by atoms with Gasteiger partial charge in [0.1, 0.15) is 6.54 Å². The maximum absolute atomic E-state index is 13.1. The number of esters is 1. The molecule has 0 saturated heterocycles. The molecule has 1 fully saturated rings. The lowest BCUT2D eigenvalue weighted by Crippen LogP contribution is -2.38. The molecule has 5 rings (SSSR count). The van der Waals surface area contributed by atoms with Gasteiger partial charge in [-0.05, 0) is 37.1 Å². The normalized spacial score (nSPS) is 16.5. The molecular weight excluding hydrogens is 518 g/mol. The average molecular weight is 546 g/mol. The molecule has 2 heterocycles. The lowest BCUT2D eigenvalue weighted by atomic mass is 9.96. The molecule has 196 valence electrons. The van der Waals surface area contributed by atoms with Gasteiger partial charge in [0.25, 0.3) is 5.91 Å². The Morgan fingerprint density at radius 2 is 1.78 bits per heavy atom. The molecule has 1 aliphatic heterocycles. The molecule has 2 aliphatic rings. The molecule has 12 heteroatoms. The van der Waals surface area contributed by atoms with E-state index in [4.69, 9.17) is 14.2 Å². The van der Waals surface area contributed by atoms with Crippen molar-refractivity contribution in [2.45, 2.75) is 49.6 Å². The van der Waals surface area contributed by atoms with Crippen molar-refractivity contribution in [2.75, 3.05) is 21.0 Å². The minimum absolute atomic E-state index is 0.00885. The Balaban J connectivity index is 1.45. The summed E-state index contributed by atoms with van der Waals surface area (Å²) < 4.78 is 45.7. The third kappa shape index (κ3) is 5.00. The van der Waals surface area contributed by atoms with Crippen LogP contribution in [0.25, 0.3) is 10.2 Å². The minimum atomic E-state index is -3.67. The van der Waals surface area contributed by atoms with Crippen molar-refractivity contribution in [1.29, 1.82) is 0 Å². The molecule has 0 bridgehead atoms. The Morgan fingerprint density at radius 3 is 2.46 bits per heavy atom. The molecule has 37 heavy (non-hydrogen) atoms. The predicted octanol–water partition coefficient (Wildman–Crippen LogP) is 3.30.